The van der Waals surface area contributed by atoms with E-state index >= 15 is 0 Å². The van der Waals surface area contributed by atoms with Crippen molar-refractivity contribution in [2.75, 3.05) is 19.0 Å². The first-order valence-corrected chi connectivity index (χ1v) is 4.76. The molecule has 0 aliphatic heterocycles. The monoisotopic (exact) mass is 211 g/mol. The van der Waals surface area contributed by atoms with Gasteiger partial charge in [-0.15, -0.1) is 0 Å². The fourth-order valence-corrected chi connectivity index (χ4v) is 1.02. The number of aromatic nitrogens is 2. The van der Waals surface area contributed by atoms with Crippen LogP contribution in [0.2, 0.25) is 0 Å². The van der Waals surface area contributed by atoms with Crippen LogP contribution >= 0.6 is 0 Å². The van der Waals surface area contributed by atoms with Gasteiger partial charge in [-0.25, -0.2) is 4.98 Å². The zero-order chi connectivity index (χ0) is 11.5. The Kier molecular flexibility index (Phi) is 3.47. The Labute approximate surface area is 89.5 Å². The largest absolute Gasteiger partial charge is 0.481 e. The van der Waals surface area contributed by atoms with Crippen LogP contribution in [0.4, 0.5) is 5.95 Å². The number of anilines is 1. The molecular weight excluding hydrogens is 194 g/mol. The van der Waals surface area contributed by atoms with Crippen molar-refractivity contribution in [2.24, 2.45) is 0 Å². The van der Waals surface area contributed by atoms with Crippen molar-refractivity contribution in [3.05, 3.63) is 11.8 Å². The molecule has 0 radical (unpaired) electrons. The Bertz CT molecular complexity index is 334. The fraction of sp³-hybridized carbons (Fsp3) is 0.600. The summed E-state index contributed by atoms with van der Waals surface area (Å²) >= 11 is 0. The lowest BCUT2D eigenvalue weighted by atomic mass is 10.1. The van der Waals surface area contributed by atoms with E-state index in [4.69, 9.17) is 4.74 Å². The van der Waals surface area contributed by atoms with E-state index in [-0.39, 0.29) is 0 Å². The van der Waals surface area contributed by atoms with E-state index < -0.39 is 5.60 Å². The standard InChI is InChI=1S/C10H17N3O2/c1-7-5-8(15-4)13-9(12-7)11-6-10(2,3)14/h5,14H,6H2,1-4H3,(H,11,12,13). The first-order valence-electron chi connectivity index (χ1n) is 4.76. The number of aryl methyl sites for hydroxylation is 1. The maximum atomic E-state index is 9.53. The molecule has 15 heavy (non-hydrogen) atoms. The van der Waals surface area contributed by atoms with E-state index in [1.54, 1.807) is 27.0 Å². The van der Waals surface area contributed by atoms with Gasteiger partial charge in [-0.3, -0.25) is 0 Å². The third-order valence-corrected chi connectivity index (χ3v) is 1.72. The summed E-state index contributed by atoms with van der Waals surface area (Å²) in [5, 5.41) is 12.5. The number of methoxy groups -OCH3 is 1. The van der Waals surface area contributed by atoms with E-state index in [2.05, 4.69) is 15.3 Å². The topological polar surface area (TPSA) is 67.3 Å². The molecule has 0 aromatic carbocycles. The average Bonchev–Trinajstić information content (AvgIpc) is 2.13. The molecule has 0 saturated heterocycles. The average molecular weight is 211 g/mol. The van der Waals surface area contributed by atoms with E-state index in [1.807, 2.05) is 6.92 Å². The molecule has 0 atom stereocenters. The highest BCUT2D eigenvalue weighted by Crippen LogP contribution is 2.12. The van der Waals surface area contributed by atoms with Crippen LogP contribution < -0.4 is 10.1 Å². The van der Waals surface area contributed by atoms with Crippen molar-refractivity contribution >= 4 is 5.95 Å². The Morgan fingerprint density at radius 1 is 1.47 bits per heavy atom. The molecule has 84 valence electrons. The molecule has 0 saturated carbocycles. The smallest absolute Gasteiger partial charge is 0.226 e. The molecule has 0 fully saturated rings. The van der Waals surface area contributed by atoms with Gasteiger partial charge < -0.3 is 15.2 Å². The number of aliphatic hydroxyl groups is 1. The molecule has 5 heteroatoms. The van der Waals surface area contributed by atoms with E-state index in [0.29, 0.717) is 18.4 Å². The third-order valence-electron chi connectivity index (χ3n) is 1.72. The normalized spacial score (nSPS) is 11.3. The zero-order valence-corrected chi connectivity index (χ0v) is 9.53. The van der Waals surface area contributed by atoms with E-state index in [9.17, 15) is 5.11 Å². The Morgan fingerprint density at radius 3 is 2.67 bits per heavy atom. The predicted octanol–water partition coefficient (Wildman–Crippen LogP) is 0.976. The highest BCUT2D eigenvalue weighted by Gasteiger charge is 2.12. The van der Waals surface area contributed by atoms with Crippen LogP contribution in [0.25, 0.3) is 0 Å². The Morgan fingerprint density at radius 2 is 2.13 bits per heavy atom. The summed E-state index contributed by atoms with van der Waals surface area (Å²) in [7, 11) is 1.56. The molecule has 0 spiro atoms. The number of hydrogen-bond donors (Lipinski definition) is 2. The number of hydrogen-bond acceptors (Lipinski definition) is 5. The van der Waals surface area contributed by atoms with Gasteiger partial charge in [-0.1, -0.05) is 0 Å². The maximum absolute atomic E-state index is 9.53. The SMILES string of the molecule is COc1cc(C)nc(NCC(C)(C)O)n1. The van der Waals surface area contributed by atoms with Crippen molar-refractivity contribution in [2.45, 2.75) is 26.4 Å². The summed E-state index contributed by atoms with van der Waals surface area (Å²) in [6.07, 6.45) is 0. The Balaban J connectivity index is 2.73. The van der Waals surface area contributed by atoms with Crippen molar-refractivity contribution in [3.63, 3.8) is 0 Å². The minimum absolute atomic E-state index is 0.388. The van der Waals surface area contributed by atoms with Gasteiger partial charge in [0.25, 0.3) is 0 Å². The van der Waals surface area contributed by atoms with Crippen LogP contribution in [-0.2, 0) is 0 Å². The molecule has 0 unspecified atom stereocenters. The highest BCUT2D eigenvalue weighted by atomic mass is 16.5. The fourth-order valence-electron chi connectivity index (χ4n) is 1.02. The predicted molar refractivity (Wildman–Crippen MR) is 58.1 cm³/mol. The first kappa shape index (κ1) is 11.7. The van der Waals surface area contributed by atoms with E-state index in [0.717, 1.165) is 5.69 Å². The van der Waals surface area contributed by atoms with Crippen LogP contribution in [0.5, 0.6) is 5.88 Å². The highest BCUT2D eigenvalue weighted by molar-refractivity contribution is 5.30. The van der Waals surface area contributed by atoms with Crippen molar-refractivity contribution in [1.29, 1.82) is 0 Å². The minimum Gasteiger partial charge on any atom is -0.481 e. The number of nitrogens with zero attached hydrogens (tertiary/aromatic N) is 2. The summed E-state index contributed by atoms with van der Waals surface area (Å²) < 4.78 is 5.01. The van der Waals surface area contributed by atoms with Gasteiger partial charge in [0.05, 0.1) is 12.7 Å². The van der Waals surface area contributed by atoms with Gasteiger partial charge in [0.2, 0.25) is 11.8 Å². The van der Waals surface area contributed by atoms with Crippen LogP contribution in [0.3, 0.4) is 0 Å². The first-order chi connectivity index (χ1) is 6.90. The molecule has 1 rings (SSSR count). The summed E-state index contributed by atoms with van der Waals surface area (Å²) in [4.78, 5) is 8.27. The molecule has 1 aromatic rings. The summed E-state index contributed by atoms with van der Waals surface area (Å²) in [6.45, 7) is 5.68. The Hall–Kier alpha value is -1.36. The third kappa shape index (κ3) is 4.12. The zero-order valence-electron chi connectivity index (χ0n) is 9.53. The molecular formula is C10H17N3O2. The van der Waals surface area contributed by atoms with E-state index in [1.165, 1.54) is 0 Å². The summed E-state index contributed by atoms with van der Waals surface area (Å²) in [5.74, 6) is 0.981. The number of nitrogens with one attached hydrogen (secondary N) is 1. The molecule has 1 heterocycles. The van der Waals surface area contributed by atoms with Crippen molar-refractivity contribution < 1.29 is 9.84 Å². The van der Waals surface area contributed by atoms with Crippen LogP contribution in [0, 0.1) is 6.92 Å². The molecule has 0 bridgehead atoms. The maximum Gasteiger partial charge on any atom is 0.226 e. The molecule has 0 amide bonds. The summed E-state index contributed by atoms with van der Waals surface area (Å²) in [5.41, 5.74) is 0.0282. The van der Waals surface area contributed by atoms with Crippen molar-refractivity contribution in [1.82, 2.24) is 9.97 Å². The quantitative estimate of drug-likeness (QED) is 0.777. The molecule has 1 aromatic heterocycles. The number of rotatable bonds is 4. The second-order valence-electron chi connectivity index (χ2n) is 4.04. The molecule has 0 aliphatic rings. The van der Waals surface area contributed by atoms with Crippen molar-refractivity contribution in [3.8, 4) is 5.88 Å². The molecule has 5 nitrogen and oxygen atoms in total. The summed E-state index contributed by atoms with van der Waals surface area (Å²) in [6, 6.07) is 1.75. The van der Waals surface area contributed by atoms with Gasteiger partial charge >= 0.3 is 0 Å². The second kappa shape index (κ2) is 4.44. The van der Waals surface area contributed by atoms with Crippen LogP contribution in [-0.4, -0.2) is 34.3 Å². The number of ether oxygens (including phenoxy) is 1. The second-order valence-corrected chi connectivity index (χ2v) is 4.04. The van der Waals surface area contributed by atoms with Gasteiger partial charge in [0.1, 0.15) is 0 Å². The van der Waals surface area contributed by atoms with Gasteiger partial charge in [-0.05, 0) is 20.8 Å². The lowest BCUT2D eigenvalue weighted by Crippen LogP contribution is -2.30. The lowest BCUT2D eigenvalue weighted by Gasteiger charge is -2.17. The van der Waals surface area contributed by atoms with Crippen LogP contribution in [0.1, 0.15) is 19.5 Å². The molecule has 0 aliphatic carbocycles. The minimum atomic E-state index is -0.791. The van der Waals surface area contributed by atoms with Gasteiger partial charge in [0, 0.05) is 18.3 Å². The lowest BCUT2D eigenvalue weighted by molar-refractivity contribution is 0.0943. The van der Waals surface area contributed by atoms with Gasteiger partial charge in [0.15, 0.2) is 0 Å². The van der Waals surface area contributed by atoms with Gasteiger partial charge in [-0.2, -0.15) is 4.98 Å². The van der Waals surface area contributed by atoms with Crippen LogP contribution in [0.15, 0.2) is 6.07 Å². The molecule has 2 N–H and O–H groups in total.